The van der Waals surface area contributed by atoms with Crippen LogP contribution >= 0.6 is 12.6 Å². The first-order valence-corrected chi connectivity index (χ1v) is 5.69. The van der Waals surface area contributed by atoms with E-state index in [-0.39, 0.29) is 11.9 Å². The van der Waals surface area contributed by atoms with E-state index < -0.39 is 0 Å². The Morgan fingerprint density at radius 2 is 2.21 bits per heavy atom. The number of ether oxygens (including phenoxy) is 1. The zero-order valence-electron chi connectivity index (χ0n) is 9.32. The molecule has 0 bridgehead atoms. The largest absolute Gasteiger partial charge is 0.383 e. The zero-order chi connectivity index (χ0) is 11.0. The molecule has 0 spiro atoms. The molecular formula is C10H21NO2S. The second kappa shape index (κ2) is 8.12. The monoisotopic (exact) mass is 219 g/mol. The van der Waals surface area contributed by atoms with Gasteiger partial charge in [0.25, 0.3) is 0 Å². The first-order chi connectivity index (χ1) is 6.67. The van der Waals surface area contributed by atoms with E-state index in [0.29, 0.717) is 25.3 Å². The summed E-state index contributed by atoms with van der Waals surface area (Å²) in [6.07, 6.45) is 1.49. The summed E-state index contributed by atoms with van der Waals surface area (Å²) in [5, 5.41) is 0. The molecule has 0 saturated carbocycles. The van der Waals surface area contributed by atoms with Crippen LogP contribution < -0.4 is 0 Å². The molecule has 0 fully saturated rings. The van der Waals surface area contributed by atoms with E-state index in [0.717, 1.165) is 6.42 Å². The van der Waals surface area contributed by atoms with Crippen molar-refractivity contribution in [2.75, 3.05) is 26.0 Å². The van der Waals surface area contributed by atoms with E-state index in [1.165, 1.54) is 0 Å². The minimum atomic E-state index is 0.173. The van der Waals surface area contributed by atoms with Crippen LogP contribution in [0.1, 0.15) is 26.7 Å². The highest BCUT2D eigenvalue weighted by Crippen LogP contribution is 2.06. The second-order valence-electron chi connectivity index (χ2n) is 3.31. The fourth-order valence-electron chi connectivity index (χ4n) is 1.24. The average Bonchev–Trinajstić information content (AvgIpc) is 2.18. The lowest BCUT2D eigenvalue weighted by Crippen LogP contribution is -2.40. The first kappa shape index (κ1) is 13.8. The van der Waals surface area contributed by atoms with Gasteiger partial charge in [-0.25, -0.2) is 0 Å². The van der Waals surface area contributed by atoms with Gasteiger partial charge in [-0.1, -0.05) is 6.92 Å². The first-order valence-electron chi connectivity index (χ1n) is 5.06. The number of rotatable bonds is 7. The molecule has 3 nitrogen and oxygen atoms in total. The van der Waals surface area contributed by atoms with Gasteiger partial charge in [-0.05, 0) is 19.1 Å². The third kappa shape index (κ3) is 4.86. The van der Waals surface area contributed by atoms with Gasteiger partial charge >= 0.3 is 0 Å². The van der Waals surface area contributed by atoms with Crippen LogP contribution in [0, 0.1) is 0 Å². The Bertz CT molecular complexity index is 164. The molecule has 4 heteroatoms. The van der Waals surface area contributed by atoms with Crippen molar-refractivity contribution in [1.82, 2.24) is 4.90 Å². The summed E-state index contributed by atoms with van der Waals surface area (Å²) in [4.78, 5) is 13.5. The van der Waals surface area contributed by atoms with Gasteiger partial charge in [-0.3, -0.25) is 4.79 Å². The molecule has 0 aromatic rings. The lowest BCUT2D eigenvalue weighted by Gasteiger charge is -2.28. The number of methoxy groups -OCH3 is 1. The van der Waals surface area contributed by atoms with E-state index in [2.05, 4.69) is 26.5 Å². The smallest absolute Gasteiger partial charge is 0.223 e. The average molecular weight is 219 g/mol. The third-order valence-electron chi connectivity index (χ3n) is 2.31. The number of nitrogens with zero attached hydrogens (tertiary/aromatic N) is 1. The number of carbonyl (C=O) groups is 1. The summed E-state index contributed by atoms with van der Waals surface area (Å²) in [7, 11) is 1.65. The molecule has 0 aliphatic carbocycles. The van der Waals surface area contributed by atoms with Crippen molar-refractivity contribution in [3.05, 3.63) is 0 Å². The van der Waals surface area contributed by atoms with Gasteiger partial charge in [0.05, 0.1) is 6.61 Å². The number of amides is 1. The number of thiol groups is 1. The summed E-state index contributed by atoms with van der Waals surface area (Å²) >= 11 is 4.06. The Balaban J connectivity index is 4.15. The van der Waals surface area contributed by atoms with E-state index in [4.69, 9.17) is 4.74 Å². The summed E-state index contributed by atoms with van der Waals surface area (Å²) in [5.74, 6) is 0.782. The molecule has 0 aromatic heterocycles. The molecule has 0 aromatic carbocycles. The SMILES string of the molecule is CCC(C)N(CCOC)C(=O)CCS. The van der Waals surface area contributed by atoms with Crippen LogP contribution in [0.4, 0.5) is 0 Å². The fraction of sp³-hybridized carbons (Fsp3) is 0.900. The highest BCUT2D eigenvalue weighted by atomic mass is 32.1. The summed E-state index contributed by atoms with van der Waals surface area (Å²) in [6.45, 7) is 5.42. The minimum absolute atomic E-state index is 0.173. The molecule has 1 amide bonds. The molecule has 0 aliphatic rings. The van der Waals surface area contributed by atoms with Crippen LogP contribution in [0.5, 0.6) is 0 Å². The number of hydrogen-bond donors (Lipinski definition) is 1. The zero-order valence-corrected chi connectivity index (χ0v) is 10.2. The van der Waals surface area contributed by atoms with Crippen LogP contribution in [0.3, 0.4) is 0 Å². The Kier molecular flexibility index (Phi) is 7.99. The van der Waals surface area contributed by atoms with Gasteiger partial charge in [0.15, 0.2) is 0 Å². The maximum atomic E-state index is 11.7. The molecule has 1 atom stereocenters. The van der Waals surface area contributed by atoms with E-state index in [1.807, 2.05) is 4.90 Å². The summed E-state index contributed by atoms with van der Waals surface area (Å²) in [6, 6.07) is 0.289. The predicted molar refractivity (Wildman–Crippen MR) is 61.8 cm³/mol. The van der Waals surface area contributed by atoms with E-state index in [9.17, 15) is 4.79 Å². The topological polar surface area (TPSA) is 29.5 Å². The number of carbonyl (C=O) groups excluding carboxylic acids is 1. The molecule has 0 N–H and O–H groups in total. The van der Waals surface area contributed by atoms with Crippen molar-refractivity contribution >= 4 is 18.5 Å². The normalized spacial score (nSPS) is 12.6. The predicted octanol–water partition coefficient (Wildman–Crippen LogP) is 1.58. The maximum Gasteiger partial charge on any atom is 0.223 e. The fourth-order valence-corrected chi connectivity index (χ4v) is 1.43. The summed E-state index contributed by atoms with van der Waals surface area (Å²) < 4.78 is 4.98. The molecule has 0 heterocycles. The minimum Gasteiger partial charge on any atom is -0.383 e. The molecular weight excluding hydrogens is 198 g/mol. The molecule has 0 aliphatic heterocycles. The Morgan fingerprint density at radius 3 is 2.64 bits per heavy atom. The van der Waals surface area contributed by atoms with Gasteiger partial charge in [0, 0.05) is 26.1 Å². The molecule has 14 heavy (non-hydrogen) atoms. The molecule has 0 radical (unpaired) electrons. The Hall–Kier alpha value is -0.220. The highest BCUT2D eigenvalue weighted by molar-refractivity contribution is 7.80. The van der Waals surface area contributed by atoms with Crippen molar-refractivity contribution in [3.8, 4) is 0 Å². The molecule has 1 unspecified atom stereocenters. The second-order valence-corrected chi connectivity index (χ2v) is 3.76. The van der Waals surface area contributed by atoms with Gasteiger partial charge in [-0.15, -0.1) is 0 Å². The van der Waals surface area contributed by atoms with Crippen molar-refractivity contribution in [1.29, 1.82) is 0 Å². The van der Waals surface area contributed by atoms with Crippen molar-refractivity contribution in [2.45, 2.75) is 32.7 Å². The lowest BCUT2D eigenvalue weighted by molar-refractivity contribution is -0.133. The van der Waals surface area contributed by atoms with Crippen molar-refractivity contribution in [2.24, 2.45) is 0 Å². The van der Waals surface area contributed by atoms with Gasteiger partial charge in [0.1, 0.15) is 0 Å². The third-order valence-corrected chi connectivity index (χ3v) is 2.53. The van der Waals surface area contributed by atoms with Crippen molar-refractivity contribution < 1.29 is 9.53 Å². The number of hydrogen-bond acceptors (Lipinski definition) is 3. The van der Waals surface area contributed by atoms with Crippen molar-refractivity contribution in [3.63, 3.8) is 0 Å². The molecule has 0 rings (SSSR count). The van der Waals surface area contributed by atoms with Gasteiger partial charge in [-0.2, -0.15) is 12.6 Å². The standard InChI is InChI=1S/C10H21NO2S/c1-4-9(2)11(6-7-13-3)10(12)5-8-14/h9,14H,4-8H2,1-3H3. The van der Waals surface area contributed by atoms with Gasteiger partial charge in [0.2, 0.25) is 5.91 Å². The van der Waals surface area contributed by atoms with Crippen LogP contribution in [0.2, 0.25) is 0 Å². The Labute approximate surface area is 92.2 Å². The quantitative estimate of drug-likeness (QED) is 0.659. The highest BCUT2D eigenvalue weighted by Gasteiger charge is 2.17. The van der Waals surface area contributed by atoms with Crippen LogP contribution in [0.25, 0.3) is 0 Å². The lowest BCUT2D eigenvalue weighted by atomic mass is 10.2. The van der Waals surface area contributed by atoms with E-state index in [1.54, 1.807) is 7.11 Å². The molecule has 0 saturated heterocycles. The molecule has 84 valence electrons. The maximum absolute atomic E-state index is 11.7. The van der Waals surface area contributed by atoms with E-state index >= 15 is 0 Å². The van der Waals surface area contributed by atoms with Gasteiger partial charge < -0.3 is 9.64 Å². The van der Waals surface area contributed by atoms with Crippen LogP contribution in [-0.2, 0) is 9.53 Å². The van der Waals surface area contributed by atoms with Crippen LogP contribution in [0.15, 0.2) is 0 Å². The summed E-state index contributed by atoms with van der Waals surface area (Å²) in [5.41, 5.74) is 0. The Morgan fingerprint density at radius 1 is 1.57 bits per heavy atom. The van der Waals surface area contributed by atoms with Crippen LogP contribution in [-0.4, -0.2) is 42.9 Å².